The number of aromatic nitrogens is 2. The van der Waals surface area contributed by atoms with Crippen LogP contribution < -0.4 is 5.32 Å². The van der Waals surface area contributed by atoms with Gasteiger partial charge in [-0.3, -0.25) is 4.79 Å². The van der Waals surface area contributed by atoms with Crippen LogP contribution in [0.2, 0.25) is 0 Å². The summed E-state index contributed by atoms with van der Waals surface area (Å²) >= 11 is 3.38. The zero-order chi connectivity index (χ0) is 18.0. The van der Waals surface area contributed by atoms with Crippen LogP contribution in [0.4, 0.5) is 5.82 Å². The number of anilines is 1. The molecule has 2 heterocycles. The highest BCUT2D eigenvalue weighted by Crippen LogP contribution is 2.24. The Balaban J connectivity index is 1.75. The van der Waals surface area contributed by atoms with Crippen molar-refractivity contribution < 1.29 is 18.8 Å². The van der Waals surface area contributed by atoms with Crippen molar-refractivity contribution in [1.29, 1.82) is 0 Å². The number of hydrogen-bond acceptors (Lipinski definition) is 5. The number of rotatable bonds is 5. The van der Waals surface area contributed by atoms with E-state index in [2.05, 4.69) is 31.4 Å². The number of nitrogens with zero attached hydrogens (tertiary/aromatic N) is 1. The Labute approximate surface area is 151 Å². The Hall–Kier alpha value is -2.61. The van der Waals surface area contributed by atoms with Crippen molar-refractivity contribution in [3.05, 3.63) is 46.3 Å². The lowest BCUT2D eigenvalue weighted by Crippen LogP contribution is -2.32. The van der Waals surface area contributed by atoms with Crippen LogP contribution in [0.15, 0.2) is 39.5 Å². The van der Waals surface area contributed by atoms with E-state index in [0.29, 0.717) is 17.7 Å². The second-order valence-electron chi connectivity index (χ2n) is 5.51. The minimum Gasteiger partial charge on any atom is -0.449 e. The second kappa shape index (κ2) is 7.10. The predicted molar refractivity (Wildman–Crippen MR) is 95.4 cm³/mol. The van der Waals surface area contributed by atoms with Crippen molar-refractivity contribution in [2.45, 2.75) is 26.4 Å². The number of hydrogen-bond donors (Lipinski definition) is 2. The van der Waals surface area contributed by atoms with Crippen molar-refractivity contribution in [3.63, 3.8) is 0 Å². The molecule has 2 N–H and O–H groups in total. The van der Waals surface area contributed by atoms with E-state index in [9.17, 15) is 9.59 Å². The SMILES string of the molecule is CCC(OC(=O)c1c[nH]c2ccc(Br)cc12)C(=O)Nc1cc(C)on1. The van der Waals surface area contributed by atoms with Gasteiger partial charge in [0.05, 0.1) is 5.56 Å². The van der Waals surface area contributed by atoms with Gasteiger partial charge in [-0.25, -0.2) is 4.79 Å². The summed E-state index contributed by atoms with van der Waals surface area (Å²) in [6.45, 7) is 3.48. The predicted octanol–water partition coefficient (Wildman–Crippen LogP) is 3.80. The highest BCUT2D eigenvalue weighted by molar-refractivity contribution is 9.10. The van der Waals surface area contributed by atoms with Gasteiger partial charge in [-0.2, -0.15) is 0 Å². The molecular formula is C17H16BrN3O4. The van der Waals surface area contributed by atoms with Gasteiger partial charge in [0.1, 0.15) is 5.76 Å². The number of aryl methyl sites for hydroxylation is 1. The highest BCUT2D eigenvalue weighted by Gasteiger charge is 2.24. The molecule has 1 atom stereocenters. The number of carbonyl (C=O) groups excluding carboxylic acids is 2. The molecule has 0 saturated heterocycles. The molecule has 0 bridgehead atoms. The van der Waals surface area contributed by atoms with E-state index in [1.54, 1.807) is 26.1 Å². The van der Waals surface area contributed by atoms with Gasteiger partial charge in [-0.15, -0.1) is 0 Å². The molecule has 0 aliphatic rings. The standard InChI is InChI=1S/C17H16BrN3O4/c1-3-14(16(22)20-15-6-9(2)25-21-15)24-17(23)12-8-19-13-5-4-10(18)7-11(12)13/h4-8,14,19H,3H2,1-2H3,(H,20,21,22). The van der Waals surface area contributed by atoms with E-state index in [-0.39, 0.29) is 5.82 Å². The summed E-state index contributed by atoms with van der Waals surface area (Å²) in [5.41, 5.74) is 1.19. The van der Waals surface area contributed by atoms with E-state index < -0.39 is 18.0 Å². The number of benzene rings is 1. The van der Waals surface area contributed by atoms with E-state index in [0.717, 1.165) is 15.4 Å². The van der Waals surface area contributed by atoms with Gasteiger partial charge in [-0.1, -0.05) is 28.0 Å². The van der Waals surface area contributed by atoms with Gasteiger partial charge in [0, 0.05) is 27.6 Å². The van der Waals surface area contributed by atoms with Gasteiger partial charge in [0.25, 0.3) is 5.91 Å². The zero-order valence-electron chi connectivity index (χ0n) is 13.6. The van der Waals surface area contributed by atoms with Crippen molar-refractivity contribution in [3.8, 4) is 0 Å². The average Bonchev–Trinajstić information content (AvgIpc) is 3.18. The fourth-order valence-electron chi connectivity index (χ4n) is 2.41. The summed E-state index contributed by atoms with van der Waals surface area (Å²) in [7, 11) is 0. The van der Waals surface area contributed by atoms with Gasteiger partial charge in [-0.05, 0) is 31.5 Å². The van der Waals surface area contributed by atoms with Gasteiger partial charge >= 0.3 is 5.97 Å². The van der Waals surface area contributed by atoms with Crippen LogP contribution in [-0.2, 0) is 9.53 Å². The molecule has 25 heavy (non-hydrogen) atoms. The van der Waals surface area contributed by atoms with Crippen LogP contribution in [0, 0.1) is 6.92 Å². The summed E-state index contributed by atoms with van der Waals surface area (Å²) in [4.78, 5) is 27.8. The molecule has 0 aliphatic carbocycles. The van der Waals surface area contributed by atoms with Crippen LogP contribution in [0.1, 0.15) is 29.5 Å². The molecular weight excluding hydrogens is 390 g/mol. The van der Waals surface area contributed by atoms with Crippen molar-refractivity contribution in [1.82, 2.24) is 10.1 Å². The van der Waals surface area contributed by atoms with E-state index in [4.69, 9.17) is 9.26 Å². The van der Waals surface area contributed by atoms with Crippen LogP contribution in [0.3, 0.4) is 0 Å². The maximum atomic E-state index is 12.5. The molecule has 1 amide bonds. The third-order valence-corrected chi connectivity index (χ3v) is 4.15. The van der Waals surface area contributed by atoms with Gasteiger partial charge in [0.2, 0.25) is 0 Å². The lowest BCUT2D eigenvalue weighted by Gasteiger charge is -2.14. The van der Waals surface area contributed by atoms with Crippen molar-refractivity contribution in [2.75, 3.05) is 5.32 Å². The number of nitrogens with one attached hydrogen (secondary N) is 2. The Kier molecular flexibility index (Phi) is 4.89. The first-order chi connectivity index (χ1) is 12.0. The number of aromatic amines is 1. The second-order valence-corrected chi connectivity index (χ2v) is 6.42. The van der Waals surface area contributed by atoms with Crippen LogP contribution in [0.5, 0.6) is 0 Å². The normalized spacial score (nSPS) is 12.1. The molecule has 3 rings (SSSR count). The molecule has 0 radical (unpaired) electrons. The molecule has 2 aromatic heterocycles. The number of H-pyrrole nitrogens is 1. The first kappa shape index (κ1) is 17.2. The largest absolute Gasteiger partial charge is 0.449 e. The summed E-state index contributed by atoms with van der Waals surface area (Å²) in [6.07, 6.45) is 0.979. The van der Waals surface area contributed by atoms with Crippen LogP contribution in [0.25, 0.3) is 10.9 Å². The maximum Gasteiger partial charge on any atom is 0.341 e. The Morgan fingerprint density at radius 3 is 2.88 bits per heavy atom. The summed E-state index contributed by atoms with van der Waals surface area (Å²) < 4.78 is 11.1. The third-order valence-electron chi connectivity index (χ3n) is 3.66. The van der Waals surface area contributed by atoms with E-state index >= 15 is 0 Å². The molecule has 1 aromatic carbocycles. The minimum atomic E-state index is -0.929. The molecule has 0 fully saturated rings. The van der Waals surface area contributed by atoms with Crippen LogP contribution in [-0.4, -0.2) is 28.1 Å². The lowest BCUT2D eigenvalue weighted by molar-refractivity contribution is -0.124. The third kappa shape index (κ3) is 3.74. The van der Waals surface area contributed by atoms with Gasteiger partial charge in [0.15, 0.2) is 11.9 Å². The Morgan fingerprint density at radius 1 is 1.40 bits per heavy atom. The molecule has 8 heteroatoms. The fraction of sp³-hybridized carbons (Fsp3) is 0.235. The Bertz CT molecular complexity index is 931. The molecule has 3 aromatic rings. The number of carbonyl (C=O) groups is 2. The van der Waals surface area contributed by atoms with Crippen LogP contribution >= 0.6 is 15.9 Å². The number of fused-ring (bicyclic) bond motifs is 1. The molecule has 0 spiro atoms. The summed E-state index contributed by atoms with van der Waals surface area (Å²) in [6, 6.07) is 7.13. The number of ether oxygens (including phenoxy) is 1. The molecule has 1 unspecified atom stereocenters. The topological polar surface area (TPSA) is 97.2 Å². The maximum absolute atomic E-state index is 12.5. The highest BCUT2D eigenvalue weighted by atomic mass is 79.9. The quantitative estimate of drug-likeness (QED) is 0.629. The van der Waals surface area contributed by atoms with Crippen molar-refractivity contribution in [2.24, 2.45) is 0 Å². The molecule has 7 nitrogen and oxygen atoms in total. The average molecular weight is 406 g/mol. The monoisotopic (exact) mass is 405 g/mol. The van der Waals surface area contributed by atoms with E-state index in [1.807, 2.05) is 18.2 Å². The zero-order valence-corrected chi connectivity index (χ0v) is 15.2. The fourth-order valence-corrected chi connectivity index (χ4v) is 2.77. The molecule has 0 saturated carbocycles. The number of halogens is 1. The lowest BCUT2D eigenvalue weighted by atomic mass is 10.2. The summed E-state index contributed by atoms with van der Waals surface area (Å²) in [5, 5.41) is 6.99. The summed E-state index contributed by atoms with van der Waals surface area (Å²) in [5.74, 6) is -0.161. The van der Waals surface area contributed by atoms with Crippen molar-refractivity contribution >= 4 is 44.5 Å². The smallest absolute Gasteiger partial charge is 0.341 e. The molecule has 0 aliphatic heterocycles. The first-order valence-electron chi connectivity index (χ1n) is 7.69. The Morgan fingerprint density at radius 2 is 2.20 bits per heavy atom. The molecule has 130 valence electrons. The minimum absolute atomic E-state index is 0.285. The number of esters is 1. The first-order valence-corrected chi connectivity index (χ1v) is 8.49. The number of amides is 1. The van der Waals surface area contributed by atoms with Gasteiger partial charge < -0.3 is 19.6 Å². The van der Waals surface area contributed by atoms with E-state index in [1.165, 1.54) is 0 Å².